The molecule has 0 aliphatic carbocycles. The third-order valence-electron chi connectivity index (χ3n) is 3.92. The summed E-state index contributed by atoms with van der Waals surface area (Å²) in [6.45, 7) is 4.07. The second-order valence-electron chi connectivity index (χ2n) is 5.82. The lowest BCUT2D eigenvalue weighted by molar-refractivity contribution is 0.102. The van der Waals surface area contributed by atoms with Gasteiger partial charge in [-0.1, -0.05) is 18.2 Å². The van der Waals surface area contributed by atoms with E-state index < -0.39 is 0 Å². The topological polar surface area (TPSA) is 54.0 Å². The number of rotatable bonds is 4. The zero-order chi connectivity index (χ0) is 17.8. The van der Waals surface area contributed by atoms with Crippen LogP contribution in [0.3, 0.4) is 0 Å². The predicted octanol–water partition coefficient (Wildman–Crippen LogP) is 5.46. The van der Waals surface area contributed by atoms with Gasteiger partial charge in [0.25, 0.3) is 5.91 Å². The van der Waals surface area contributed by atoms with Crippen molar-refractivity contribution in [1.82, 2.24) is 4.98 Å². The van der Waals surface area contributed by atoms with Crippen molar-refractivity contribution < 1.29 is 4.79 Å². The molecular weight excluding hydrogens is 378 g/mol. The summed E-state index contributed by atoms with van der Waals surface area (Å²) in [5, 5.41) is 6.17. The number of carbonyl (C=O) groups excluding carboxylic acids is 1. The highest BCUT2D eigenvalue weighted by atomic mass is 79.9. The summed E-state index contributed by atoms with van der Waals surface area (Å²) in [5.74, 6) is -0.188. The van der Waals surface area contributed by atoms with Gasteiger partial charge in [0.15, 0.2) is 0 Å². The minimum atomic E-state index is -0.188. The Kier molecular flexibility index (Phi) is 5.14. The fraction of sp³-hybridized carbons (Fsp3) is 0.100. The maximum Gasteiger partial charge on any atom is 0.257 e. The Labute approximate surface area is 155 Å². The Balaban J connectivity index is 1.77. The van der Waals surface area contributed by atoms with Crippen LogP contribution in [0.15, 0.2) is 65.4 Å². The Bertz CT molecular complexity index is 924. The highest BCUT2D eigenvalue weighted by Crippen LogP contribution is 2.25. The number of aryl methyl sites for hydroxylation is 2. The van der Waals surface area contributed by atoms with Crippen molar-refractivity contribution in [3.8, 4) is 0 Å². The zero-order valence-electron chi connectivity index (χ0n) is 14.0. The molecular formula is C20H18BrN3O. The number of carbonyl (C=O) groups is 1. The van der Waals surface area contributed by atoms with Gasteiger partial charge >= 0.3 is 0 Å². The van der Waals surface area contributed by atoms with E-state index in [1.54, 1.807) is 18.5 Å². The van der Waals surface area contributed by atoms with Crippen molar-refractivity contribution in [3.63, 3.8) is 0 Å². The number of pyridine rings is 1. The number of para-hydroxylation sites is 1. The van der Waals surface area contributed by atoms with Crippen LogP contribution >= 0.6 is 15.9 Å². The van der Waals surface area contributed by atoms with Crippen LogP contribution in [0.1, 0.15) is 21.5 Å². The molecule has 0 saturated carbocycles. The molecule has 0 saturated heterocycles. The molecule has 0 fully saturated rings. The SMILES string of the molecule is Cc1ccc(NC(=O)c2cncc(Nc3ccccc3Br)c2)cc1C. The Morgan fingerprint density at radius 3 is 2.52 bits per heavy atom. The Morgan fingerprint density at radius 2 is 1.76 bits per heavy atom. The molecule has 3 rings (SSSR count). The summed E-state index contributed by atoms with van der Waals surface area (Å²) in [6.07, 6.45) is 3.24. The molecule has 5 heteroatoms. The van der Waals surface area contributed by atoms with Crippen molar-refractivity contribution >= 4 is 38.9 Å². The third kappa shape index (κ3) is 4.25. The Morgan fingerprint density at radius 1 is 0.960 bits per heavy atom. The minimum Gasteiger partial charge on any atom is -0.353 e. The molecule has 2 aromatic carbocycles. The standard InChI is InChI=1S/C20H18BrN3O/c1-13-7-8-16(9-14(13)2)24-20(25)15-10-17(12-22-11-15)23-19-6-4-3-5-18(19)21/h3-12,23H,1-2H3,(H,24,25). The number of anilines is 3. The van der Waals surface area contributed by atoms with Crippen molar-refractivity contribution in [3.05, 3.63) is 82.1 Å². The molecule has 0 unspecified atom stereocenters. The molecule has 0 bridgehead atoms. The zero-order valence-corrected chi connectivity index (χ0v) is 15.6. The van der Waals surface area contributed by atoms with E-state index in [1.807, 2.05) is 56.3 Å². The third-order valence-corrected chi connectivity index (χ3v) is 4.61. The summed E-state index contributed by atoms with van der Waals surface area (Å²) < 4.78 is 0.944. The first-order chi connectivity index (χ1) is 12.0. The van der Waals surface area contributed by atoms with Crippen LogP contribution in [-0.2, 0) is 0 Å². The number of hydrogen-bond acceptors (Lipinski definition) is 3. The number of aromatic nitrogens is 1. The van der Waals surface area contributed by atoms with Gasteiger partial charge in [0.1, 0.15) is 0 Å². The van der Waals surface area contributed by atoms with E-state index >= 15 is 0 Å². The fourth-order valence-corrected chi connectivity index (χ4v) is 2.76. The average Bonchev–Trinajstić information content (AvgIpc) is 2.60. The summed E-state index contributed by atoms with van der Waals surface area (Å²) in [4.78, 5) is 16.7. The van der Waals surface area contributed by atoms with Gasteiger partial charge in [0.2, 0.25) is 0 Å². The van der Waals surface area contributed by atoms with E-state index in [1.165, 1.54) is 5.56 Å². The van der Waals surface area contributed by atoms with Crippen molar-refractivity contribution in [2.75, 3.05) is 10.6 Å². The van der Waals surface area contributed by atoms with Crippen molar-refractivity contribution in [2.24, 2.45) is 0 Å². The quantitative estimate of drug-likeness (QED) is 0.616. The van der Waals surface area contributed by atoms with Crippen molar-refractivity contribution in [2.45, 2.75) is 13.8 Å². The van der Waals surface area contributed by atoms with Gasteiger partial charge in [-0.3, -0.25) is 9.78 Å². The summed E-state index contributed by atoms with van der Waals surface area (Å²) in [6, 6.07) is 15.4. The molecule has 1 aromatic heterocycles. The molecule has 25 heavy (non-hydrogen) atoms. The largest absolute Gasteiger partial charge is 0.353 e. The van der Waals surface area contributed by atoms with Crippen molar-refractivity contribution in [1.29, 1.82) is 0 Å². The molecule has 0 radical (unpaired) electrons. The summed E-state index contributed by atoms with van der Waals surface area (Å²) in [7, 11) is 0. The van der Waals surface area contributed by atoms with E-state index in [2.05, 4.69) is 31.5 Å². The van der Waals surface area contributed by atoms with Crippen LogP contribution in [-0.4, -0.2) is 10.9 Å². The number of nitrogens with zero attached hydrogens (tertiary/aromatic N) is 1. The van der Waals surface area contributed by atoms with Gasteiger partial charge in [-0.25, -0.2) is 0 Å². The van der Waals surface area contributed by atoms with E-state index in [4.69, 9.17) is 0 Å². The molecule has 2 N–H and O–H groups in total. The highest BCUT2D eigenvalue weighted by Gasteiger charge is 2.09. The summed E-state index contributed by atoms with van der Waals surface area (Å²) >= 11 is 3.50. The molecule has 126 valence electrons. The number of halogens is 1. The van der Waals surface area contributed by atoms with Gasteiger partial charge in [-0.15, -0.1) is 0 Å². The predicted molar refractivity (Wildman–Crippen MR) is 106 cm³/mol. The van der Waals surface area contributed by atoms with Gasteiger partial charge < -0.3 is 10.6 Å². The van der Waals surface area contributed by atoms with E-state index in [0.717, 1.165) is 27.1 Å². The Hall–Kier alpha value is -2.66. The van der Waals surface area contributed by atoms with Gasteiger partial charge in [0, 0.05) is 16.4 Å². The maximum absolute atomic E-state index is 12.5. The highest BCUT2D eigenvalue weighted by molar-refractivity contribution is 9.10. The number of benzene rings is 2. The molecule has 0 aliphatic rings. The second-order valence-corrected chi connectivity index (χ2v) is 6.67. The number of amides is 1. The number of hydrogen-bond donors (Lipinski definition) is 2. The molecule has 3 aromatic rings. The number of nitrogens with one attached hydrogen (secondary N) is 2. The van der Waals surface area contributed by atoms with Gasteiger partial charge in [0.05, 0.1) is 23.1 Å². The summed E-state index contributed by atoms with van der Waals surface area (Å²) in [5.41, 5.74) is 5.27. The molecule has 4 nitrogen and oxygen atoms in total. The average molecular weight is 396 g/mol. The van der Waals surface area contributed by atoms with Crippen LogP contribution in [0.4, 0.5) is 17.1 Å². The maximum atomic E-state index is 12.5. The fourth-order valence-electron chi connectivity index (χ4n) is 2.37. The smallest absolute Gasteiger partial charge is 0.257 e. The first-order valence-electron chi connectivity index (χ1n) is 7.88. The van der Waals surface area contributed by atoms with Crippen LogP contribution in [0.5, 0.6) is 0 Å². The molecule has 0 aliphatic heterocycles. The van der Waals surface area contributed by atoms with Crippen LogP contribution < -0.4 is 10.6 Å². The lowest BCUT2D eigenvalue weighted by Gasteiger charge is -2.10. The lowest BCUT2D eigenvalue weighted by atomic mass is 10.1. The van der Waals surface area contributed by atoms with Crippen LogP contribution in [0, 0.1) is 13.8 Å². The lowest BCUT2D eigenvalue weighted by Crippen LogP contribution is -2.12. The monoisotopic (exact) mass is 395 g/mol. The molecule has 0 atom stereocenters. The van der Waals surface area contributed by atoms with Gasteiger partial charge in [-0.05, 0) is 71.2 Å². The molecule has 0 spiro atoms. The molecule has 1 heterocycles. The van der Waals surface area contributed by atoms with E-state index in [-0.39, 0.29) is 5.91 Å². The molecule has 1 amide bonds. The van der Waals surface area contributed by atoms with E-state index in [0.29, 0.717) is 5.56 Å². The first kappa shape index (κ1) is 17.2. The van der Waals surface area contributed by atoms with Crippen LogP contribution in [0.2, 0.25) is 0 Å². The van der Waals surface area contributed by atoms with Gasteiger partial charge in [-0.2, -0.15) is 0 Å². The first-order valence-corrected chi connectivity index (χ1v) is 8.67. The minimum absolute atomic E-state index is 0.188. The van der Waals surface area contributed by atoms with Crippen LogP contribution in [0.25, 0.3) is 0 Å². The second kappa shape index (κ2) is 7.49. The normalized spacial score (nSPS) is 10.4. The van der Waals surface area contributed by atoms with E-state index in [9.17, 15) is 4.79 Å².